The number of aliphatic hydroxyl groups excluding tert-OH is 1. The molecule has 15 heavy (non-hydrogen) atoms. The predicted molar refractivity (Wildman–Crippen MR) is 60.5 cm³/mol. The predicted octanol–water partition coefficient (Wildman–Crippen LogP) is 2.29. The largest absolute Gasteiger partial charge is 0.466 e. The van der Waals surface area contributed by atoms with E-state index in [4.69, 9.17) is 9.84 Å². The summed E-state index contributed by atoms with van der Waals surface area (Å²) in [5, 5.41) is 8.81. The molecule has 88 valence electrons. The second-order valence-electron chi connectivity index (χ2n) is 3.44. The summed E-state index contributed by atoms with van der Waals surface area (Å²) in [5.41, 5.74) is 0. The van der Waals surface area contributed by atoms with E-state index >= 15 is 0 Å². The SMILES string of the molecule is CCCC/C=C/C(CCO)C(=O)OCC. The van der Waals surface area contributed by atoms with E-state index in [1.54, 1.807) is 6.92 Å². The van der Waals surface area contributed by atoms with Crippen LogP contribution in [0.3, 0.4) is 0 Å². The van der Waals surface area contributed by atoms with E-state index in [1.807, 2.05) is 12.2 Å². The number of hydrogen-bond donors (Lipinski definition) is 1. The molecule has 0 aliphatic heterocycles. The molecular formula is C12H22O3. The fraction of sp³-hybridized carbons (Fsp3) is 0.750. The first kappa shape index (κ1) is 14.2. The highest BCUT2D eigenvalue weighted by molar-refractivity contribution is 5.74. The Kier molecular flexibility index (Phi) is 9.18. The van der Waals surface area contributed by atoms with Crippen molar-refractivity contribution in [2.45, 2.75) is 39.5 Å². The molecule has 0 aromatic carbocycles. The highest BCUT2D eigenvalue weighted by atomic mass is 16.5. The van der Waals surface area contributed by atoms with Gasteiger partial charge in [-0.05, 0) is 19.8 Å². The summed E-state index contributed by atoms with van der Waals surface area (Å²) < 4.78 is 4.91. The zero-order valence-corrected chi connectivity index (χ0v) is 9.74. The van der Waals surface area contributed by atoms with Crippen LogP contribution in [-0.4, -0.2) is 24.3 Å². The highest BCUT2D eigenvalue weighted by Crippen LogP contribution is 2.09. The summed E-state index contributed by atoms with van der Waals surface area (Å²) in [4.78, 5) is 11.4. The molecule has 3 heteroatoms. The van der Waals surface area contributed by atoms with E-state index < -0.39 is 0 Å². The van der Waals surface area contributed by atoms with Gasteiger partial charge in [-0.3, -0.25) is 4.79 Å². The molecule has 0 aromatic rings. The van der Waals surface area contributed by atoms with E-state index in [0.717, 1.165) is 19.3 Å². The van der Waals surface area contributed by atoms with Crippen molar-refractivity contribution in [1.29, 1.82) is 0 Å². The molecule has 0 aromatic heterocycles. The molecule has 0 bridgehead atoms. The fourth-order valence-corrected chi connectivity index (χ4v) is 1.26. The minimum Gasteiger partial charge on any atom is -0.466 e. The molecule has 3 nitrogen and oxygen atoms in total. The van der Waals surface area contributed by atoms with Crippen LogP contribution in [0.5, 0.6) is 0 Å². The number of aliphatic hydroxyl groups is 1. The summed E-state index contributed by atoms with van der Waals surface area (Å²) in [6.07, 6.45) is 7.56. The Morgan fingerprint density at radius 3 is 2.73 bits per heavy atom. The second-order valence-corrected chi connectivity index (χ2v) is 3.44. The summed E-state index contributed by atoms with van der Waals surface area (Å²) in [7, 11) is 0. The Hall–Kier alpha value is -0.830. The molecule has 0 fully saturated rings. The van der Waals surface area contributed by atoms with Crippen LogP contribution in [-0.2, 0) is 9.53 Å². The van der Waals surface area contributed by atoms with Gasteiger partial charge in [0.2, 0.25) is 0 Å². The Balaban J connectivity index is 4.01. The van der Waals surface area contributed by atoms with E-state index in [1.165, 1.54) is 0 Å². The molecule has 0 radical (unpaired) electrons. The topological polar surface area (TPSA) is 46.5 Å². The quantitative estimate of drug-likeness (QED) is 0.383. The average Bonchev–Trinajstić information content (AvgIpc) is 2.23. The molecule has 1 unspecified atom stereocenters. The van der Waals surface area contributed by atoms with Crippen molar-refractivity contribution in [1.82, 2.24) is 0 Å². The first-order valence-corrected chi connectivity index (χ1v) is 5.70. The lowest BCUT2D eigenvalue weighted by atomic mass is 10.0. The lowest BCUT2D eigenvalue weighted by Gasteiger charge is -2.09. The smallest absolute Gasteiger partial charge is 0.312 e. The molecule has 0 saturated carbocycles. The minimum absolute atomic E-state index is 0.0155. The highest BCUT2D eigenvalue weighted by Gasteiger charge is 2.15. The van der Waals surface area contributed by atoms with Crippen molar-refractivity contribution in [3.63, 3.8) is 0 Å². The fourth-order valence-electron chi connectivity index (χ4n) is 1.26. The van der Waals surface area contributed by atoms with Gasteiger partial charge < -0.3 is 9.84 Å². The molecule has 0 aliphatic carbocycles. The van der Waals surface area contributed by atoms with Gasteiger partial charge in [0.25, 0.3) is 0 Å². The normalized spacial score (nSPS) is 13.0. The lowest BCUT2D eigenvalue weighted by Crippen LogP contribution is -2.17. The molecule has 0 rings (SSSR count). The van der Waals surface area contributed by atoms with Crippen LogP contribution in [0.1, 0.15) is 39.5 Å². The van der Waals surface area contributed by atoms with E-state index in [9.17, 15) is 4.79 Å². The molecule has 0 heterocycles. The number of carbonyl (C=O) groups is 1. The van der Waals surface area contributed by atoms with Gasteiger partial charge in [0, 0.05) is 6.61 Å². The third-order valence-electron chi connectivity index (χ3n) is 2.12. The van der Waals surface area contributed by atoms with Gasteiger partial charge in [-0.2, -0.15) is 0 Å². The number of hydrogen-bond acceptors (Lipinski definition) is 3. The van der Waals surface area contributed by atoms with Gasteiger partial charge in [-0.25, -0.2) is 0 Å². The Labute approximate surface area is 92.1 Å². The van der Waals surface area contributed by atoms with Crippen LogP contribution in [0.4, 0.5) is 0 Å². The third-order valence-corrected chi connectivity index (χ3v) is 2.12. The van der Waals surface area contributed by atoms with Crippen LogP contribution in [0.25, 0.3) is 0 Å². The van der Waals surface area contributed by atoms with Gasteiger partial charge in [0.05, 0.1) is 12.5 Å². The zero-order valence-electron chi connectivity index (χ0n) is 9.74. The first-order valence-electron chi connectivity index (χ1n) is 5.70. The van der Waals surface area contributed by atoms with Gasteiger partial charge in [0.1, 0.15) is 0 Å². The van der Waals surface area contributed by atoms with Crippen molar-refractivity contribution in [3.8, 4) is 0 Å². The number of carbonyl (C=O) groups excluding carboxylic acids is 1. The van der Waals surface area contributed by atoms with Gasteiger partial charge in [-0.15, -0.1) is 0 Å². The van der Waals surface area contributed by atoms with Gasteiger partial charge in [0.15, 0.2) is 0 Å². The number of ether oxygens (including phenoxy) is 1. The van der Waals surface area contributed by atoms with Gasteiger partial charge >= 0.3 is 5.97 Å². The second kappa shape index (κ2) is 9.71. The zero-order chi connectivity index (χ0) is 11.5. The monoisotopic (exact) mass is 214 g/mol. The molecule has 0 aliphatic rings. The summed E-state index contributed by atoms with van der Waals surface area (Å²) in [5.74, 6) is -0.522. The Bertz CT molecular complexity index is 187. The molecule has 0 spiro atoms. The number of allylic oxidation sites excluding steroid dienone is 1. The van der Waals surface area contributed by atoms with Crippen molar-refractivity contribution in [3.05, 3.63) is 12.2 Å². The summed E-state index contributed by atoms with van der Waals surface area (Å²) in [6.45, 7) is 4.32. The maximum Gasteiger partial charge on any atom is 0.312 e. The number of unbranched alkanes of at least 4 members (excludes halogenated alkanes) is 2. The molecule has 1 atom stereocenters. The number of rotatable bonds is 8. The number of esters is 1. The van der Waals surface area contributed by atoms with Gasteiger partial charge in [-0.1, -0.05) is 31.9 Å². The van der Waals surface area contributed by atoms with Crippen LogP contribution < -0.4 is 0 Å². The molecule has 1 N–H and O–H groups in total. The lowest BCUT2D eigenvalue weighted by molar-refractivity contribution is -0.146. The molecule has 0 saturated heterocycles. The summed E-state index contributed by atoms with van der Waals surface area (Å²) >= 11 is 0. The standard InChI is InChI=1S/C12H22O3/c1-3-5-6-7-8-11(9-10-13)12(14)15-4-2/h7-8,11,13H,3-6,9-10H2,1-2H3/b8-7+. The van der Waals surface area contributed by atoms with Crippen molar-refractivity contribution >= 4 is 5.97 Å². The van der Waals surface area contributed by atoms with E-state index in [2.05, 4.69) is 6.92 Å². The van der Waals surface area contributed by atoms with Crippen LogP contribution >= 0.6 is 0 Å². The Morgan fingerprint density at radius 2 is 2.20 bits per heavy atom. The average molecular weight is 214 g/mol. The van der Waals surface area contributed by atoms with E-state index in [-0.39, 0.29) is 18.5 Å². The van der Waals surface area contributed by atoms with Crippen LogP contribution in [0.2, 0.25) is 0 Å². The van der Waals surface area contributed by atoms with Crippen molar-refractivity contribution in [2.75, 3.05) is 13.2 Å². The minimum atomic E-state index is -0.285. The first-order chi connectivity index (χ1) is 7.26. The molecule has 0 amide bonds. The molecular weight excluding hydrogens is 192 g/mol. The van der Waals surface area contributed by atoms with E-state index in [0.29, 0.717) is 13.0 Å². The van der Waals surface area contributed by atoms with Crippen LogP contribution in [0, 0.1) is 5.92 Å². The maximum absolute atomic E-state index is 11.4. The van der Waals surface area contributed by atoms with Crippen LogP contribution in [0.15, 0.2) is 12.2 Å². The third kappa shape index (κ3) is 7.14. The summed E-state index contributed by atoms with van der Waals surface area (Å²) in [6, 6.07) is 0. The van der Waals surface area contributed by atoms with Crippen molar-refractivity contribution < 1.29 is 14.6 Å². The van der Waals surface area contributed by atoms with Crippen molar-refractivity contribution in [2.24, 2.45) is 5.92 Å². The Morgan fingerprint density at radius 1 is 1.47 bits per heavy atom. The maximum atomic E-state index is 11.4.